The SMILES string of the molecule is CC(C)CCc1ccccc1C(=O)OCC1(C)CO1. The van der Waals surface area contributed by atoms with Crippen LogP contribution in [0.2, 0.25) is 0 Å². The van der Waals surface area contributed by atoms with Gasteiger partial charge in [-0.2, -0.15) is 0 Å². The molecule has 3 nitrogen and oxygen atoms in total. The van der Waals surface area contributed by atoms with Crippen molar-refractivity contribution in [2.24, 2.45) is 5.92 Å². The van der Waals surface area contributed by atoms with E-state index >= 15 is 0 Å². The summed E-state index contributed by atoms with van der Waals surface area (Å²) >= 11 is 0. The van der Waals surface area contributed by atoms with E-state index in [0.29, 0.717) is 24.7 Å². The van der Waals surface area contributed by atoms with Gasteiger partial charge in [0.05, 0.1) is 12.2 Å². The van der Waals surface area contributed by atoms with E-state index < -0.39 is 0 Å². The Bertz CT molecular complexity index is 447. The van der Waals surface area contributed by atoms with Gasteiger partial charge in [0.25, 0.3) is 0 Å². The minimum absolute atomic E-state index is 0.240. The molecule has 1 aliphatic rings. The predicted octanol–water partition coefficient (Wildman–Crippen LogP) is 3.22. The van der Waals surface area contributed by atoms with Gasteiger partial charge in [-0.05, 0) is 37.3 Å². The number of ether oxygens (including phenoxy) is 2. The molecule has 1 aliphatic heterocycles. The zero-order valence-electron chi connectivity index (χ0n) is 11.9. The zero-order valence-corrected chi connectivity index (χ0v) is 11.9. The molecule has 0 spiro atoms. The first-order valence-corrected chi connectivity index (χ1v) is 6.89. The number of benzene rings is 1. The summed E-state index contributed by atoms with van der Waals surface area (Å²) in [5, 5.41) is 0. The Kier molecular flexibility index (Phi) is 4.25. The molecule has 1 heterocycles. The van der Waals surface area contributed by atoms with Crippen molar-refractivity contribution < 1.29 is 14.3 Å². The van der Waals surface area contributed by atoms with Crippen molar-refractivity contribution >= 4 is 5.97 Å². The van der Waals surface area contributed by atoms with Crippen LogP contribution in [0.15, 0.2) is 24.3 Å². The third-order valence-corrected chi connectivity index (χ3v) is 3.37. The smallest absolute Gasteiger partial charge is 0.338 e. The minimum atomic E-state index is -0.247. The largest absolute Gasteiger partial charge is 0.459 e. The van der Waals surface area contributed by atoms with E-state index in [9.17, 15) is 4.79 Å². The van der Waals surface area contributed by atoms with Crippen LogP contribution in [0.1, 0.15) is 43.1 Å². The number of rotatable bonds is 6. The van der Waals surface area contributed by atoms with Crippen LogP contribution in [0.4, 0.5) is 0 Å². The van der Waals surface area contributed by atoms with Gasteiger partial charge in [-0.25, -0.2) is 4.79 Å². The van der Waals surface area contributed by atoms with E-state index in [0.717, 1.165) is 18.4 Å². The molecule has 2 rings (SSSR count). The highest BCUT2D eigenvalue weighted by atomic mass is 16.6. The summed E-state index contributed by atoms with van der Waals surface area (Å²) in [6, 6.07) is 7.70. The maximum atomic E-state index is 12.1. The lowest BCUT2D eigenvalue weighted by molar-refractivity contribution is 0.0409. The Morgan fingerprint density at radius 1 is 1.42 bits per heavy atom. The molecule has 1 aromatic rings. The minimum Gasteiger partial charge on any atom is -0.459 e. The summed E-state index contributed by atoms with van der Waals surface area (Å²) in [4.78, 5) is 12.1. The van der Waals surface area contributed by atoms with Crippen molar-refractivity contribution in [1.29, 1.82) is 0 Å². The number of hydrogen-bond donors (Lipinski definition) is 0. The van der Waals surface area contributed by atoms with Crippen LogP contribution in [-0.2, 0) is 15.9 Å². The lowest BCUT2D eigenvalue weighted by Crippen LogP contribution is -2.19. The van der Waals surface area contributed by atoms with Crippen molar-refractivity contribution in [3.05, 3.63) is 35.4 Å². The Labute approximate surface area is 114 Å². The fourth-order valence-electron chi connectivity index (χ4n) is 1.88. The molecule has 0 N–H and O–H groups in total. The number of carbonyl (C=O) groups is 1. The standard InChI is InChI=1S/C16H22O3/c1-12(2)8-9-13-6-4-5-7-14(13)15(17)18-10-16(3)11-19-16/h4-7,12H,8-11H2,1-3H3. The molecule has 0 amide bonds. The molecule has 19 heavy (non-hydrogen) atoms. The number of epoxide rings is 1. The lowest BCUT2D eigenvalue weighted by atomic mass is 9.98. The van der Waals surface area contributed by atoms with E-state index in [1.807, 2.05) is 31.2 Å². The van der Waals surface area contributed by atoms with Crippen molar-refractivity contribution in [2.45, 2.75) is 39.2 Å². The van der Waals surface area contributed by atoms with E-state index in [1.165, 1.54) is 0 Å². The number of hydrogen-bond acceptors (Lipinski definition) is 3. The lowest BCUT2D eigenvalue weighted by Gasteiger charge is -2.11. The van der Waals surface area contributed by atoms with Crippen LogP contribution in [0, 0.1) is 5.92 Å². The molecule has 1 fully saturated rings. The van der Waals surface area contributed by atoms with E-state index in [1.54, 1.807) is 0 Å². The van der Waals surface area contributed by atoms with Gasteiger partial charge in [0.2, 0.25) is 0 Å². The molecule has 0 radical (unpaired) electrons. The van der Waals surface area contributed by atoms with Crippen molar-refractivity contribution in [3.63, 3.8) is 0 Å². The number of esters is 1. The highest BCUT2D eigenvalue weighted by molar-refractivity contribution is 5.91. The molecule has 1 aromatic carbocycles. The zero-order chi connectivity index (χ0) is 13.9. The first-order chi connectivity index (χ1) is 9.00. The quantitative estimate of drug-likeness (QED) is 0.583. The summed E-state index contributed by atoms with van der Waals surface area (Å²) in [6.45, 7) is 7.34. The predicted molar refractivity (Wildman–Crippen MR) is 74.2 cm³/mol. The monoisotopic (exact) mass is 262 g/mol. The van der Waals surface area contributed by atoms with Crippen LogP contribution in [0.5, 0.6) is 0 Å². The van der Waals surface area contributed by atoms with Crippen LogP contribution in [-0.4, -0.2) is 24.8 Å². The average molecular weight is 262 g/mol. The maximum absolute atomic E-state index is 12.1. The molecule has 1 atom stereocenters. The van der Waals surface area contributed by atoms with Gasteiger partial charge in [-0.1, -0.05) is 32.0 Å². The van der Waals surface area contributed by atoms with E-state index in [-0.39, 0.29) is 11.6 Å². The third-order valence-electron chi connectivity index (χ3n) is 3.37. The summed E-state index contributed by atoms with van der Waals surface area (Å²) in [6.07, 6.45) is 1.99. The molecule has 1 saturated heterocycles. The highest BCUT2D eigenvalue weighted by Gasteiger charge is 2.40. The van der Waals surface area contributed by atoms with Crippen molar-refractivity contribution in [2.75, 3.05) is 13.2 Å². The molecule has 104 valence electrons. The number of aryl methyl sites for hydroxylation is 1. The molecule has 0 saturated carbocycles. The molecular weight excluding hydrogens is 240 g/mol. The Hall–Kier alpha value is -1.35. The normalized spacial score (nSPS) is 21.5. The van der Waals surface area contributed by atoms with Gasteiger partial charge in [0, 0.05) is 0 Å². The molecule has 1 unspecified atom stereocenters. The second-order valence-corrected chi connectivity index (χ2v) is 5.90. The summed E-state index contributed by atoms with van der Waals surface area (Å²) in [5.41, 5.74) is 1.51. The van der Waals surface area contributed by atoms with Crippen LogP contribution >= 0.6 is 0 Å². The van der Waals surface area contributed by atoms with Crippen LogP contribution in [0.3, 0.4) is 0 Å². The van der Waals surface area contributed by atoms with Crippen molar-refractivity contribution in [1.82, 2.24) is 0 Å². The van der Waals surface area contributed by atoms with Gasteiger partial charge in [-0.15, -0.1) is 0 Å². The summed E-state index contributed by atoms with van der Waals surface area (Å²) in [7, 11) is 0. The molecule has 3 heteroatoms. The number of carbonyl (C=O) groups excluding carboxylic acids is 1. The second-order valence-electron chi connectivity index (χ2n) is 5.90. The first kappa shape index (κ1) is 14.1. The van der Waals surface area contributed by atoms with Crippen molar-refractivity contribution in [3.8, 4) is 0 Å². The van der Waals surface area contributed by atoms with Crippen LogP contribution < -0.4 is 0 Å². The van der Waals surface area contributed by atoms with E-state index in [4.69, 9.17) is 9.47 Å². The van der Waals surface area contributed by atoms with Crippen LogP contribution in [0.25, 0.3) is 0 Å². The third kappa shape index (κ3) is 4.06. The summed E-state index contributed by atoms with van der Waals surface area (Å²) < 4.78 is 10.6. The van der Waals surface area contributed by atoms with Gasteiger partial charge < -0.3 is 9.47 Å². The maximum Gasteiger partial charge on any atom is 0.338 e. The van der Waals surface area contributed by atoms with Gasteiger partial charge in [-0.3, -0.25) is 0 Å². The fraction of sp³-hybridized carbons (Fsp3) is 0.562. The second kappa shape index (κ2) is 5.74. The topological polar surface area (TPSA) is 38.8 Å². The molecule has 0 bridgehead atoms. The Morgan fingerprint density at radius 2 is 2.11 bits per heavy atom. The van der Waals surface area contributed by atoms with Gasteiger partial charge in [0.1, 0.15) is 12.2 Å². The molecule has 0 aliphatic carbocycles. The Morgan fingerprint density at radius 3 is 2.74 bits per heavy atom. The van der Waals surface area contributed by atoms with Gasteiger partial charge in [0.15, 0.2) is 0 Å². The Balaban J connectivity index is 1.99. The fourth-order valence-corrected chi connectivity index (χ4v) is 1.88. The summed E-state index contributed by atoms with van der Waals surface area (Å²) in [5.74, 6) is 0.388. The molecule has 0 aromatic heterocycles. The van der Waals surface area contributed by atoms with E-state index in [2.05, 4.69) is 13.8 Å². The average Bonchev–Trinajstić information content (AvgIpc) is 3.12. The van der Waals surface area contributed by atoms with Gasteiger partial charge >= 0.3 is 5.97 Å². The molecular formula is C16H22O3. The highest BCUT2D eigenvalue weighted by Crippen LogP contribution is 2.26. The first-order valence-electron chi connectivity index (χ1n) is 6.89.